The third-order valence-corrected chi connectivity index (χ3v) is 3.79. The van der Waals surface area contributed by atoms with E-state index in [1.807, 2.05) is 0 Å². The lowest BCUT2D eigenvalue weighted by atomic mass is 10.1. The van der Waals surface area contributed by atoms with Crippen molar-refractivity contribution >= 4 is 47.0 Å². The molecule has 0 saturated carbocycles. The number of anilines is 1. The Kier molecular flexibility index (Phi) is 6.02. The van der Waals surface area contributed by atoms with Crippen LogP contribution in [-0.2, 0) is 8.53 Å². The van der Waals surface area contributed by atoms with Crippen LogP contribution >= 0.6 is 21.2 Å². The lowest BCUT2D eigenvalue weighted by Crippen LogP contribution is -2.14. The molecule has 2 rings (SSSR count). The summed E-state index contributed by atoms with van der Waals surface area (Å²) >= 11 is 1.59. The number of pyridine rings is 1. The highest BCUT2D eigenvalue weighted by Gasteiger charge is 2.13. The van der Waals surface area contributed by atoms with Gasteiger partial charge in [0.15, 0.2) is 8.53 Å². The Hall–Kier alpha value is -1.59. The Labute approximate surface area is 146 Å². The Morgan fingerprint density at radius 3 is 2.70 bits per heavy atom. The van der Waals surface area contributed by atoms with E-state index in [1.165, 1.54) is 25.1 Å². The molecule has 23 heavy (non-hydrogen) atoms. The van der Waals surface area contributed by atoms with Gasteiger partial charge in [-0.05, 0) is 37.3 Å². The van der Waals surface area contributed by atoms with Crippen LogP contribution in [0.4, 0.5) is 14.5 Å². The van der Waals surface area contributed by atoms with E-state index in [0.29, 0.717) is 5.69 Å². The summed E-state index contributed by atoms with van der Waals surface area (Å²) in [5.41, 5.74) is 0.702. The molecule has 0 aliphatic carbocycles. The molecule has 0 spiro atoms. The molecule has 9 heteroatoms. The van der Waals surface area contributed by atoms with Crippen LogP contribution in [0.5, 0.6) is 0 Å². The zero-order valence-corrected chi connectivity index (χ0v) is 14.7. The number of aromatic nitrogens is 1. The van der Waals surface area contributed by atoms with Gasteiger partial charge in [-0.1, -0.05) is 4.40 Å². The van der Waals surface area contributed by atoms with Gasteiger partial charge in [-0.15, -0.1) is 0 Å². The molecule has 0 aliphatic rings. The van der Waals surface area contributed by atoms with Gasteiger partial charge in [0.2, 0.25) is 0 Å². The van der Waals surface area contributed by atoms with Crippen molar-refractivity contribution < 1.29 is 18.1 Å². The van der Waals surface area contributed by atoms with Crippen LogP contribution in [0.25, 0.3) is 0 Å². The van der Waals surface area contributed by atoms with Gasteiger partial charge in [0.05, 0.1) is 11.9 Å². The second-order valence-electron chi connectivity index (χ2n) is 4.39. The van der Waals surface area contributed by atoms with Gasteiger partial charge in [-0.2, -0.15) is 0 Å². The number of carbonyl (C=O) groups is 1. The minimum Gasteiger partial charge on any atom is -0.583 e. The molecular weight excluding hydrogens is 439 g/mol. The maximum absolute atomic E-state index is 13.8. The molecular formula is C14H10F2IN3O2S. The first-order valence-electron chi connectivity index (χ1n) is 6.23. The number of rotatable bonds is 4. The first-order chi connectivity index (χ1) is 10.9. The molecule has 0 bridgehead atoms. The van der Waals surface area contributed by atoms with Gasteiger partial charge in [0.1, 0.15) is 17.3 Å². The molecule has 1 heterocycles. The molecule has 120 valence electrons. The first-order valence-corrected chi connectivity index (χ1v) is 9.88. The number of nitrogens with one attached hydrogen (secondary N) is 1. The third kappa shape index (κ3) is 4.94. The van der Waals surface area contributed by atoms with E-state index < -0.39 is 26.1 Å². The smallest absolute Gasteiger partial charge is 0.283 e. The Balaban J connectivity index is 2.24. The Morgan fingerprint density at radius 1 is 1.35 bits per heavy atom. The van der Waals surface area contributed by atoms with Gasteiger partial charge in [-0.25, -0.2) is 13.8 Å². The molecule has 5 nitrogen and oxygen atoms in total. The van der Waals surface area contributed by atoms with Crippen molar-refractivity contribution in [3.05, 3.63) is 59.4 Å². The average molecular weight is 449 g/mol. The van der Waals surface area contributed by atoms with Crippen molar-refractivity contribution in [1.29, 1.82) is 0 Å². The van der Waals surface area contributed by atoms with E-state index >= 15 is 0 Å². The average Bonchev–Trinajstić information content (AvgIpc) is 2.49. The van der Waals surface area contributed by atoms with E-state index in [-0.39, 0.29) is 17.0 Å². The van der Waals surface area contributed by atoms with Crippen LogP contribution in [0.3, 0.4) is 0 Å². The van der Waals surface area contributed by atoms with Crippen molar-refractivity contribution in [3.63, 3.8) is 0 Å². The zero-order chi connectivity index (χ0) is 17.0. The molecule has 1 aromatic carbocycles. The molecule has 0 fully saturated rings. The molecule has 0 aliphatic heterocycles. The molecule has 1 aromatic heterocycles. The predicted octanol–water partition coefficient (Wildman–Crippen LogP) is 3.43. The van der Waals surface area contributed by atoms with Crippen LogP contribution in [0, 0.1) is 11.6 Å². The maximum Gasteiger partial charge on any atom is 0.283 e. The minimum atomic E-state index is -1.50. The van der Waals surface area contributed by atoms with Crippen LogP contribution < -0.4 is 5.32 Å². The summed E-state index contributed by atoms with van der Waals surface area (Å²) in [7, 11) is -1.50. The summed E-state index contributed by atoms with van der Waals surface area (Å²) in [5, 5.41) is 2.53. The number of hydrogen-bond acceptors (Lipinski definition) is 4. The zero-order valence-electron chi connectivity index (χ0n) is 11.7. The van der Waals surface area contributed by atoms with Gasteiger partial charge < -0.3 is 9.87 Å². The molecule has 1 atom stereocenters. The fraction of sp³-hybridized carbons (Fsp3) is 0.0714. The van der Waals surface area contributed by atoms with Crippen LogP contribution in [-0.4, -0.2) is 21.2 Å². The lowest BCUT2D eigenvalue weighted by molar-refractivity contribution is 0.102. The monoisotopic (exact) mass is 449 g/mol. The normalized spacial score (nSPS) is 12.8. The number of hydrogen-bond donors (Lipinski definition) is 1. The maximum atomic E-state index is 13.8. The fourth-order valence-electron chi connectivity index (χ4n) is 1.74. The highest BCUT2D eigenvalue weighted by molar-refractivity contribution is 14.2. The largest absolute Gasteiger partial charge is 0.583 e. The topological polar surface area (TPSA) is 77.4 Å². The Bertz CT molecular complexity index is 754. The fourth-order valence-corrected chi connectivity index (χ4v) is 2.94. The summed E-state index contributed by atoms with van der Waals surface area (Å²) in [4.78, 5) is 15.7. The third-order valence-electron chi connectivity index (χ3n) is 2.78. The number of halogens is 3. The van der Waals surface area contributed by atoms with Crippen molar-refractivity contribution in [3.8, 4) is 0 Å². The quantitative estimate of drug-likeness (QED) is 0.442. The standard InChI is InChI=1S/C14H10F2IN3O2S/c1-8(20-23(17)22)11-6-10(3-4-12(11)16)19-14(21)13-5-2-9(15)7-18-13/h2-7H,1H3,(H,19,21). The predicted molar refractivity (Wildman–Crippen MR) is 92.9 cm³/mol. The van der Waals surface area contributed by atoms with E-state index in [4.69, 9.17) is 0 Å². The van der Waals surface area contributed by atoms with Crippen molar-refractivity contribution in [2.24, 2.45) is 4.40 Å². The molecule has 1 amide bonds. The molecule has 1 unspecified atom stereocenters. The summed E-state index contributed by atoms with van der Waals surface area (Å²) in [6, 6.07) is 6.26. The molecule has 0 saturated heterocycles. The van der Waals surface area contributed by atoms with Crippen molar-refractivity contribution in [2.75, 3.05) is 5.32 Å². The minimum absolute atomic E-state index is 0.0241. The summed E-state index contributed by atoms with van der Waals surface area (Å²) in [6.45, 7) is 1.52. The SMILES string of the molecule is CC(=N[S+]([O-])I)c1cc(NC(=O)c2ccc(F)cn2)ccc1F. The summed E-state index contributed by atoms with van der Waals surface area (Å²) in [5.74, 6) is -1.66. The molecule has 0 radical (unpaired) electrons. The Morgan fingerprint density at radius 2 is 2.09 bits per heavy atom. The van der Waals surface area contributed by atoms with Crippen LogP contribution in [0.2, 0.25) is 0 Å². The highest BCUT2D eigenvalue weighted by Crippen LogP contribution is 2.18. The van der Waals surface area contributed by atoms with E-state index in [9.17, 15) is 18.1 Å². The number of benzene rings is 1. The van der Waals surface area contributed by atoms with Gasteiger partial charge in [-0.3, -0.25) is 4.79 Å². The first kappa shape index (κ1) is 17.8. The highest BCUT2D eigenvalue weighted by atomic mass is 127. The lowest BCUT2D eigenvalue weighted by Gasteiger charge is -2.08. The summed E-state index contributed by atoms with van der Waals surface area (Å²) < 4.78 is 41.5. The van der Waals surface area contributed by atoms with E-state index in [2.05, 4.69) is 14.7 Å². The number of amides is 1. The van der Waals surface area contributed by atoms with Gasteiger partial charge in [0.25, 0.3) is 27.1 Å². The van der Waals surface area contributed by atoms with Crippen molar-refractivity contribution in [1.82, 2.24) is 4.98 Å². The second kappa shape index (κ2) is 7.79. The van der Waals surface area contributed by atoms with Gasteiger partial charge in [0, 0.05) is 11.3 Å². The summed E-state index contributed by atoms with van der Waals surface area (Å²) in [6.07, 6.45) is 0.928. The van der Waals surface area contributed by atoms with E-state index in [0.717, 1.165) is 18.3 Å². The van der Waals surface area contributed by atoms with E-state index in [1.54, 1.807) is 21.2 Å². The van der Waals surface area contributed by atoms with Crippen LogP contribution in [0.15, 0.2) is 40.9 Å². The van der Waals surface area contributed by atoms with Crippen molar-refractivity contribution in [2.45, 2.75) is 6.92 Å². The molecule has 2 aromatic rings. The number of nitrogens with zero attached hydrogens (tertiary/aromatic N) is 2. The molecule has 1 N–H and O–H groups in total. The number of carbonyl (C=O) groups excluding carboxylic acids is 1. The second-order valence-corrected chi connectivity index (χ2v) is 7.25. The van der Waals surface area contributed by atoms with Crippen LogP contribution in [0.1, 0.15) is 23.0 Å². The van der Waals surface area contributed by atoms with Gasteiger partial charge >= 0.3 is 0 Å².